The Morgan fingerprint density at radius 3 is 2.72 bits per heavy atom. The Kier molecular flexibility index (Phi) is 4.26. The molecule has 25 heavy (non-hydrogen) atoms. The highest BCUT2D eigenvalue weighted by Crippen LogP contribution is 2.31. The third-order valence-electron chi connectivity index (χ3n) is 5.20. The van der Waals surface area contributed by atoms with E-state index in [1.54, 1.807) is 12.1 Å². The molecule has 1 N–H and O–H groups in total. The van der Waals surface area contributed by atoms with Gasteiger partial charge in [-0.15, -0.1) is 0 Å². The summed E-state index contributed by atoms with van der Waals surface area (Å²) in [5, 5.41) is 3.00. The first-order chi connectivity index (χ1) is 12.2. The second-order valence-corrected chi connectivity index (χ2v) is 6.79. The van der Waals surface area contributed by atoms with Gasteiger partial charge in [0.2, 0.25) is 0 Å². The molecule has 0 fully saturated rings. The van der Waals surface area contributed by atoms with Gasteiger partial charge in [0.05, 0.1) is 5.56 Å². The van der Waals surface area contributed by atoms with Crippen molar-refractivity contribution in [3.05, 3.63) is 70.8 Å². The van der Waals surface area contributed by atoms with Gasteiger partial charge in [-0.05, 0) is 42.0 Å². The van der Waals surface area contributed by atoms with Crippen LogP contribution in [0.5, 0.6) is 0 Å². The van der Waals surface area contributed by atoms with E-state index >= 15 is 0 Å². The van der Waals surface area contributed by atoms with Crippen LogP contribution in [0.15, 0.2) is 48.5 Å². The maximum absolute atomic E-state index is 12.5. The van der Waals surface area contributed by atoms with Gasteiger partial charge in [-0.25, -0.2) is 4.79 Å². The molecular formula is C21H21NO3. The van der Waals surface area contributed by atoms with E-state index in [0.29, 0.717) is 24.4 Å². The van der Waals surface area contributed by atoms with Crippen LogP contribution < -0.4 is 5.32 Å². The number of fused-ring (bicyclic) bond motifs is 2. The van der Waals surface area contributed by atoms with Gasteiger partial charge in [0, 0.05) is 18.9 Å². The number of cyclic esters (lactones) is 1. The zero-order valence-corrected chi connectivity index (χ0v) is 14.0. The molecule has 0 unspecified atom stereocenters. The molecule has 4 nitrogen and oxygen atoms in total. The molecule has 1 aliphatic heterocycles. The zero-order valence-electron chi connectivity index (χ0n) is 14.0. The van der Waals surface area contributed by atoms with Gasteiger partial charge in [-0.1, -0.05) is 42.5 Å². The van der Waals surface area contributed by atoms with E-state index in [-0.39, 0.29) is 5.91 Å². The Hall–Kier alpha value is -2.62. The Labute approximate surface area is 147 Å². The zero-order chi connectivity index (χ0) is 17.2. The second-order valence-electron chi connectivity index (χ2n) is 6.79. The monoisotopic (exact) mass is 335 g/mol. The van der Waals surface area contributed by atoms with Crippen LogP contribution in [0.1, 0.15) is 45.8 Å². The van der Waals surface area contributed by atoms with Crippen molar-refractivity contribution in [3.8, 4) is 0 Å². The molecule has 0 spiro atoms. The van der Waals surface area contributed by atoms with E-state index in [1.807, 2.05) is 12.1 Å². The van der Waals surface area contributed by atoms with Crippen LogP contribution in [-0.4, -0.2) is 24.5 Å². The lowest BCUT2D eigenvalue weighted by Crippen LogP contribution is -2.43. The average molecular weight is 335 g/mol. The number of amides is 1. The summed E-state index contributed by atoms with van der Waals surface area (Å²) >= 11 is 0. The topological polar surface area (TPSA) is 55.4 Å². The minimum atomic E-state index is -0.735. The highest BCUT2D eigenvalue weighted by atomic mass is 16.5. The van der Waals surface area contributed by atoms with Crippen molar-refractivity contribution in [3.63, 3.8) is 0 Å². The van der Waals surface area contributed by atoms with Gasteiger partial charge in [0.1, 0.15) is 0 Å². The number of benzene rings is 2. The molecule has 0 saturated heterocycles. The number of aryl methyl sites for hydroxylation is 1. The van der Waals surface area contributed by atoms with Crippen molar-refractivity contribution >= 4 is 11.9 Å². The van der Waals surface area contributed by atoms with Gasteiger partial charge in [0.15, 0.2) is 6.10 Å². The molecule has 2 aromatic carbocycles. The van der Waals surface area contributed by atoms with E-state index in [0.717, 1.165) is 24.8 Å². The van der Waals surface area contributed by atoms with Crippen LogP contribution in [0, 0.1) is 0 Å². The lowest BCUT2D eigenvalue weighted by molar-refractivity contribution is -0.130. The van der Waals surface area contributed by atoms with Gasteiger partial charge < -0.3 is 10.1 Å². The Bertz CT molecular complexity index is 814. The van der Waals surface area contributed by atoms with Crippen molar-refractivity contribution < 1.29 is 14.3 Å². The SMILES string of the molecule is O=C1O[C@H](C(=O)NC[C@@H]2CCCc3ccccc32)Cc2ccccc21. The number of hydrogen-bond acceptors (Lipinski definition) is 3. The van der Waals surface area contributed by atoms with Crippen molar-refractivity contribution in [1.29, 1.82) is 0 Å². The third kappa shape index (κ3) is 3.16. The summed E-state index contributed by atoms with van der Waals surface area (Å²) in [4.78, 5) is 24.6. The molecule has 1 aliphatic carbocycles. The number of esters is 1. The lowest BCUT2D eigenvalue weighted by Gasteiger charge is -2.27. The molecule has 0 saturated carbocycles. The predicted octanol–water partition coefficient (Wildman–Crippen LogP) is 3.00. The molecule has 1 amide bonds. The van der Waals surface area contributed by atoms with Crippen molar-refractivity contribution in [2.75, 3.05) is 6.54 Å². The largest absolute Gasteiger partial charge is 0.448 e. The summed E-state index contributed by atoms with van der Waals surface area (Å²) in [6.45, 7) is 0.589. The molecule has 2 aromatic rings. The molecule has 0 bridgehead atoms. The van der Waals surface area contributed by atoms with Gasteiger partial charge >= 0.3 is 5.97 Å². The van der Waals surface area contributed by atoms with Crippen LogP contribution in [0.25, 0.3) is 0 Å². The first-order valence-electron chi connectivity index (χ1n) is 8.87. The molecule has 0 radical (unpaired) electrons. The number of ether oxygens (including phenoxy) is 1. The standard InChI is InChI=1S/C21H21NO3/c23-20(19-12-15-7-2-4-11-18(15)21(24)25-19)22-13-16-9-5-8-14-6-1-3-10-17(14)16/h1-4,6-7,10-11,16,19H,5,8-9,12-13H2,(H,22,23)/t16-,19-/m0/s1. The summed E-state index contributed by atoms with van der Waals surface area (Å²) in [6.07, 6.45) is 3.03. The van der Waals surface area contributed by atoms with Gasteiger partial charge in [-0.2, -0.15) is 0 Å². The Balaban J connectivity index is 1.42. The quantitative estimate of drug-likeness (QED) is 0.877. The number of nitrogens with one attached hydrogen (secondary N) is 1. The summed E-state index contributed by atoms with van der Waals surface area (Å²) in [5.41, 5.74) is 4.15. The lowest BCUT2D eigenvalue weighted by atomic mass is 9.83. The van der Waals surface area contributed by atoms with Crippen LogP contribution in [0.3, 0.4) is 0 Å². The van der Waals surface area contributed by atoms with Crippen molar-refractivity contribution in [1.82, 2.24) is 5.32 Å². The highest BCUT2D eigenvalue weighted by Gasteiger charge is 2.31. The van der Waals surface area contributed by atoms with Crippen LogP contribution >= 0.6 is 0 Å². The second kappa shape index (κ2) is 6.71. The first kappa shape index (κ1) is 15.9. The maximum Gasteiger partial charge on any atom is 0.339 e. The Morgan fingerprint density at radius 1 is 1.08 bits per heavy atom. The Morgan fingerprint density at radius 2 is 1.84 bits per heavy atom. The van der Waals surface area contributed by atoms with Crippen LogP contribution in [-0.2, 0) is 22.4 Å². The van der Waals surface area contributed by atoms with E-state index in [9.17, 15) is 9.59 Å². The van der Waals surface area contributed by atoms with E-state index in [1.165, 1.54) is 11.1 Å². The predicted molar refractivity (Wildman–Crippen MR) is 94.5 cm³/mol. The average Bonchev–Trinajstić information content (AvgIpc) is 2.66. The minimum Gasteiger partial charge on any atom is -0.448 e. The van der Waals surface area contributed by atoms with E-state index in [2.05, 4.69) is 29.6 Å². The molecule has 4 rings (SSSR count). The van der Waals surface area contributed by atoms with Gasteiger partial charge in [0.25, 0.3) is 5.91 Å². The fourth-order valence-corrected chi connectivity index (χ4v) is 3.88. The molecule has 0 aromatic heterocycles. The summed E-state index contributed by atoms with van der Waals surface area (Å²) in [6, 6.07) is 15.8. The number of hydrogen-bond donors (Lipinski definition) is 1. The summed E-state index contributed by atoms with van der Waals surface area (Å²) in [7, 11) is 0. The summed E-state index contributed by atoms with van der Waals surface area (Å²) < 4.78 is 5.33. The molecular weight excluding hydrogens is 314 g/mol. The number of carbonyl (C=O) groups is 2. The minimum absolute atomic E-state index is 0.203. The van der Waals surface area contributed by atoms with Crippen LogP contribution in [0.4, 0.5) is 0 Å². The molecule has 128 valence electrons. The number of rotatable bonds is 3. The summed E-state index contributed by atoms with van der Waals surface area (Å²) in [5.74, 6) is -0.281. The highest BCUT2D eigenvalue weighted by molar-refractivity contribution is 5.95. The molecule has 2 aliphatic rings. The first-order valence-corrected chi connectivity index (χ1v) is 8.87. The van der Waals surface area contributed by atoms with Crippen molar-refractivity contribution in [2.24, 2.45) is 0 Å². The van der Waals surface area contributed by atoms with Crippen molar-refractivity contribution in [2.45, 2.75) is 37.7 Å². The van der Waals surface area contributed by atoms with Crippen LogP contribution in [0.2, 0.25) is 0 Å². The van der Waals surface area contributed by atoms with Gasteiger partial charge in [-0.3, -0.25) is 4.79 Å². The van der Waals surface area contributed by atoms with E-state index < -0.39 is 12.1 Å². The molecule has 2 atom stereocenters. The fraction of sp³-hybridized carbons (Fsp3) is 0.333. The third-order valence-corrected chi connectivity index (χ3v) is 5.20. The smallest absolute Gasteiger partial charge is 0.339 e. The normalized spacial score (nSPS) is 21.7. The molecule has 1 heterocycles. The number of carbonyl (C=O) groups excluding carboxylic acids is 2. The fourth-order valence-electron chi connectivity index (χ4n) is 3.88. The van der Waals surface area contributed by atoms with E-state index in [4.69, 9.17) is 4.74 Å². The molecule has 4 heteroatoms. The maximum atomic E-state index is 12.5.